The molecule has 0 fully saturated rings. The Bertz CT molecular complexity index is 606. The van der Waals surface area contributed by atoms with E-state index in [0.29, 0.717) is 22.8 Å². The number of rotatable bonds is 3. The van der Waals surface area contributed by atoms with Crippen LogP contribution in [0.15, 0.2) is 30.6 Å². The minimum atomic E-state index is 0.240. The molecule has 6 nitrogen and oxygen atoms in total. The summed E-state index contributed by atoms with van der Waals surface area (Å²) in [4.78, 5) is 7.88. The normalized spacial score (nSPS) is 9.56. The molecule has 0 aliphatic carbocycles. The van der Waals surface area contributed by atoms with Crippen LogP contribution in [0.1, 0.15) is 5.56 Å². The van der Waals surface area contributed by atoms with E-state index in [1.54, 1.807) is 18.2 Å². The number of nitrogens with two attached hydrogens (primary N) is 1. The Balaban J connectivity index is 2.41. The number of nitrogen functional groups attached to an aromatic ring is 1. The summed E-state index contributed by atoms with van der Waals surface area (Å²) in [5, 5.41) is 12.0. The topological polar surface area (TPSA) is 96.8 Å². The minimum absolute atomic E-state index is 0.240. The van der Waals surface area contributed by atoms with Crippen LogP contribution >= 0.6 is 0 Å². The number of para-hydroxylation sites is 1. The van der Waals surface area contributed by atoms with Gasteiger partial charge in [0.1, 0.15) is 12.4 Å². The molecule has 0 atom stereocenters. The monoisotopic (exact) mass is 241 g/mol. The summed E-state index contributed by atoms with van der Waals surface area (Å²) in [5.41, 5.74) is 6.82. The summed E-state index contributed by atoms with van der Waals surface area (Å²) in [5.74, 6) is 1.02. The first-order valence-electron chi connectivity index (χ1n) is 5.17. The van der Waals surface area contributed by atoms with Crippen LogP contribution in [0.25, 0.3) is 0 Å². The van der Waals surface area contributed by atoms with Gasteiger partial charge in [-0.15, -0.1) is 0 Å². The van der Waals surface area contributed by atoms with Crippen LogP contribution in [0, 0.1) is 11.3 Å². The fourth-order valence-corrected chi connectivity index (χ4v) is 1.49. The van der Waals surface area contributed by atoms with Crippen molar-refractivity contribution in [3.05, 3.63) is 36.2 Å². The summed E-state index contributed by atoms with van der Waals surface area (Å²) in [6.45, 7) is 0. The van der Waals surface area contributed by atoms with Crippen molar-refractivity contribution in [2.75, 3.05) is 18.2 Å². The Labute approximate surface area is 104 Å². The van der Waals surface area contributed by atoms with Crippen LogP contribution in [-0.4, -0.2) is 17.1 Å². The van der Waals surface area contributed by atoms with Crippen molar-refractivity contribution in [1.29, 1.82) is 5.26 Å². The van der Waals surface area contributed by atoms with Gasteiger partial charge in [-0.25, -0.2) is 9.97 Å². The highest BCUT2D eigenvalue weighted by Crippen LogP contribution is 2.29. The number of methoxy groups -OCH3 is 1. The van der Waals surface area contributed by atoms with E-state index in [1.165, 1.54) is 13.4 Å². The number of hydrogen-bond acceptors (Lipinski definition) is 6. The van der Waals surface area contributed by atoms with Crippen molar-refractivity contribution in [2.45, 2.75) is 0 Å². The first-order valence-corrected chi connectivity index (χ1v) is 5.17. The van der Waals surface area contributed by atoms with Gasteiger partial charge in [-0.2, -0.15) is 5.26 Å². The Morgan fingerprint density at radius 2 is 2.11 bits per heavy atom. The standard InChI is InChI=1S/C12H11N5O/c1-18-10-11(14)15-7-16-12(10)17-9-5-3-2-4-8(9)6-13/h2-5,7H,1H3,(H3,14,15,16,17). The lowest BCUT2D eigenvalue weighted by Gasteiger charge is -2.11. The van der Waals surface area contributed by atoms with Gasteiger partial charge in [-0.1, -0.05) is 12.1 Å². The SMILES string of the molecule is COc1c(N)ncnc1Nc1ccccc1C#N. The van der Waals surface area contributed by atoms with E-state index in [0.717, 1.165) is 0 Å². The Morgan fingerprint density at radius 3 is 2.83 bits per heavy atom. The molecular formula is C12H11N5O. The molecule has 0 aliphatic rings. The molecule has 0 bridgehead atoms. The Morgan fingerprint density at radius 1 is 1.33 bits per heavy atom. The van der Waals surface area contributed by atoms with Crippen molar-refractivity contribution in [3.8, 4) is 11.8 Å². The van der Waals surface area contributed by atoms with Crippen LogP contribution in [0.5, 0.6) is 5.75 Å². The van der Waals surface area contributed by atoms with Crippen molar-refractivity contribution >= 4 is 17.3 Å². The molecule has 2 aromatic rings. The molecule has 0 amide bonds. The number of nitrogens with zero attached hydrogens (tertiary/aromatic N) is 3. The summed E-state index contributed by atoms with van der Waals surface area (Å²) >= 11 is 0. The molecule has 0 saturated carbocycles. The molecule has 18 heavy (non-hydrogen) atoms. The van der Waals surface area contributed by atoms with Crippen LogP contribution in [-0.2, 0) is 0 Å². The Hall–Kier alpha value is -2.81. The first-order chi connectivity index (χ1) is 8.76. The molecule has 3 N–H and O–H groups in total. The highest BCUT2D eigenvalue weighted by Gasteiger charge is 2.11. The molecule has 6 heteroatoms. The zero-order chi connectivity index (χ0) is 13.0. The van der Waals surface area contributed by atoms with E-state index in [9.17, 15) is 0 Å². The molecule has 90 valence electrons. The molecule has 0 spiro atoms. The fourth-order valence-electron chi connectivity index (χ4n) is 1.49. The lowest BCUT2D eigenvalue weighted by atomic mass is 10.2. The van der Waals surface area contributed by atoms with E-state index < -0.39 is 0 Å². The molecule has 1 aromatic carbocycles. The Kier molecular flexibility index (Phi) is 3.25. The maximum absolute atomic E-state index is 9.00. The van der Waals surface area contributed by atoms with Gasteiger partial charge >= 0.3 is 0 Å². The molecule has 1 aromatic heterocycles. The van der Waals surface area contributed by atoms with Gasteiger partial charge in [0.2, 0.25) is 5.75 Å². The molecule has 0 radical (unpaired) electrons. The molecule has 0 aliphatic heterocycles. The zero-order valence-electron chi connectivity index (χ0n) is 9.71. The number of anilines is 3. The highest BCUT2D eigenvalue weighted by molar-refractivity contribution is 5.71. The van der Waals surface area contributed by atoms with Crippen LogP contribution < -0.4 is 15.8 Å². The van der Waals surface area contributed by atoms with E-state index in [2.05, 4.69) is 21.4 Å². The van der Waals surface area contributed by atoms with E-state index in [1.807, 2.05) is 6.07 Å². The average Bonchev–Trinajstić information content (AvgIpc) is 2.40. The lowest BCUT2D eigenvalue weighted by Crippen LogP contribution is -2.03. The summed E-state index contributed by atoms with van der Waals surface area (Å²) in [7, 11) is 1.48. The number of benzene rings is 1. The molecule has 2 rings (SSSR count). The maximum atomic E-state index is 9.00. The predicted octanol–water partition coefficient (Wildman–Crippen LogP) is 1.68. The van der Waals surface area contributed by atoms with Gasteiger partial charge in [0.25, 0.3) is 0 Å². The lowest BCUT2D eigenvalue weighted by molar-refractivity contribution is 0.415. The highest BCUT2D eigenvalue weighted by atomic mass is 16.5. The van der Waals surface area contributed by atoms with E-state index >= 15 is 0 Å². The zero-order valence-corrected chi connectivity index (χ0v) is 9.71. The van der Waals surface area contributed by atoms with Crippen molar-refractivity contribution in [1.82, 2.24) is 9.97 Å². The van der Waals surface area contributed by atoms with Gasteiger partial charge in [0, 0.05) is 0 Å². The molecule has 1 heterocycles. The number of hydrogen-bond donors (Lipinski definition) is 2. The van der Waals surface area contributed by atoms with Gasteiger partial charge < -0.3 is 15.8 Å². The largest absolute Gasteiger partial charge is 0.490 e. The average molecular weight is 241 g/mol. The third-order valence-electron chi connectivity index (χ3n) is 2.34. The van der Waals surface area contributed by atoms with Gasteiger partial charge in [0.15, 0.2) is 11.6 Å². The first kappa shape index (κ1) is 11.7. The van der Waals surface area contributed by atoms with Crippen LogP contribution in [0.3, 0.4) is 0 Å². The summed E-state index contributed by atoms with van der Waals surface area (Å²) in [6, 6.07) is 9.18. The second kappa shape index (κ2) is 5.01. The van der Waals surface area contributed by atoms with Crippen LogP contribution in [0.2, 0.25) is 0 Å². The number of ether oxygens (including phenoxy) is 1. The van der Waals surface area contributed by atoms with Gasteiger partial charge in [0.05, 0.1) is 18.4 Å². The predicted molar refractivity (Wildman–Crippen MR) is 67.4 cm³/mol. The van der Waals surface area contributed by atoms with Crippen LogP contribution in [0.4, 0.5) is 17.3 Å². The minimum Gasteiger partial charge on any atom is -0.490 e. The smallest absolute Gasteiger partial charge is 0.204 e. The third kappa shape index (κ3) is 2.15. The maximum Gasteiger partial charge on any atom is 0.204 e. The van der Waals surface area contributed by atoms with Gasteiger partial charge in [-0.05, 0) is 12.1 Å². The second-order valence-corrected chi connectivity index (χ2v) is 3.42. The molecule has 0 saturated heterocycles. The van der Waals surface area contributed by atoms with E-state index in [4.69, 9.17) is 15.7 Å². The molecule has 0 unspecified atom stereocenters. The molecular weight excluding hydrogens is 230 g/mol. The van der Waals surface area contributed by atoms with E-state index in [-0.39, 0.29) is 5.82 Å². The summed E-state index contributed by atoms with van der Waals surface area (Å²) < 4.78 is 5.13. The van der Waals surface area contributed by atoms with Crippen molar-refractivity contribution in [2.24, 2.45) is 0 Å². The fraction of sp³-hybridized carbons (Fsp3) is 0.0833. The van der Waals surface area contributed by atoms with Gasteiger partial charge in [-0.3, -0.25) is 0 Å². The third-order valence-corrected chi connectivity index (χ3v) is 2.34. The van der Waals surface area contributed by atoms with Crippen molar-refractivity contribution < 1.29 is 4.74 Å². The number of aromatic nitrogens is 2. The second-order valence-electron chi connectivity index (χ2n) is 3.42. The number of nitriles is 1. The summed E-state index contributed by atoms with van der Waals surface area (Å²) in [6.07, 6.45) is 1.33. The quantitative estimate of drug-likeness (QED) is 0.848. The van der Waals surface area contributed by atoms with Crippen molar-refractivity contribution in [3.63, 3.8) is 0 Å². The number of nitrogens with one attached hydrogen (secondary N) is 1.